The number of aryl methyl sites for hydroxylation is 1. The molecular weight excluding hydrogens is 455 g/mol. The number of pyridine rings is 1. The van der Waals surface area contributed by atoms with Crippen molar-refractivity contribution >= 4 is 46.8 Å². The first kappa shape index (κ1) is 23.3. The summed E-state index contributed by atoms with van der Waals surface area (Å²) >= 11 is 7.69. The number of rotatable bonds is 8. The van der Waals surface area contributed by atoms with E-state index >= 15 is 0 Å². The van der Waals surface area contributed by atoms with E-state index in [4.69, 9.17) is 16.3 Å². The van der Waals surface area contributed by atoms with Gasteiger partial charge >= 0.3 is 0 Å². The van der Waals surface area contributed by atoms with Gasteiger partial charge in [0.05, 0.1) is 22.2 Å². The van der Waals surface area contributed by atoms with E-state index in [0.717, 1.165) is 10.4 Å². The van der Waals surface area contributed by atoms with Crippen LogP contribution >= 0.6 is 35.3 Å². The van der Waals surface area contributed by atoms with Gasteiger partial charge in [0, 0.05) is 18.5 Å². The number of ketones is 1. The van der Waals surface area contributed by atoms with Crippen LogP contribution in [-0.2, 0) is 6.61 Å². The number of aliphatic hydroxyl groups excluding tert-OH is 1. The quantitative estimate of drug-likeness (QED) is 0.331. The normalized spacial score (nSPS) is 11.8. The fourth-order valence-corrected chi connectivity index (χ4v) is 4.51. The number of hydrogen-bond acceptors (Lipinski definition) is 5. The number of carbonyl (C=O) groups is 1. The molecule has 1 atom stereocenters. The molecule has 3 heterocycles. The Bertz CT molecular complexity index is 1170. The van der Waals surface area contributed by atoms with Crippen LogP contribution in [0.5, 0.6) is 5.75 Å². The number of hydrogen-bond donors (Lipinski definition) is 1. The zero-order valence-corrected chi connectivity index (χ0v) is 19.2. The van der Waals surface area contributed by atoms with Crippen molar-refractivity contribution in [1.29, 1.82) is 0 Å². The Morgan fingerprint density at radius 2 is 2.00 bits per heavy atom. The fraction of sp³-hybridized carbons (Fsp3) is 0.217. The molecule has 0 radical (unpaired) electrons. The number of benzene rings is 1. The molecule has 4 aromatic rings. The standard InChI is InChI=1S/C23H21ClN2O3S.ClH/c1-15-22(19(28)12-17(13-27)16-6-3-2-4-7-16)26-10-5-8-20(23(26)25-15)29-14-21-18(24)9-11-30-21;/h2-11,17,27H,12-14H2,1H3;1H/t17-;/m0./s1. The molecule has 0 fully saturated rings. The SMILES string of the molecule is Cc1nc2c(OCc3sccc3Cl)cccn2c1C(=O)C[C@@H](CO)c1ccccc1.Cl. The highest BCUT2D eigenvalue weighted by molar-refractivity contribution is 7.10. The summed E-state index contributed by atoms with van der Waals surface area (Å²) in [6, 6.07) is 15.1. The molecule has 3 aromatic heterocycles. The van der Waals surface area contributed by atoms with Gasteiger partial charge in [-0.25, -0.2) is 4.98 Å². The van der Waals surface area contributed by atoms with Crippen molar-refractivity contribution in [2.45, 2.75) is 25.9 Å². The number of imidazole rings is 1. The van der Waals surface area contributed by atoms with Gasteiger partial charge in [-0.1, -0.05) is 41.9 Å². The summed E-state index contributed by atoms with van der Waals surface area (Å²) in [5.41, 5.74) is 2.68. The summed E-state index contributed by atoms with van der Waals surface area (Å²) < 4.78 is 7.72. The van der Waals surface area contributed by atoms with Crippen molar-refractivity contribution < 1.29 is 14.6 Å². The third-order valence-electron chi connectivity index (χ3n) is 5.03. The average Bonchev–Trinajstić information content (AvgIpc) is 3.33. The maximum Gasteiger partial charge on any atom is 0.182 e. The van der Waals surface area contributed by atoms with Gasteiger partial charge < -0.3 is 9.84 Å². The highest BCUT2D eigenvalue weighted by atomic mass is 35.5. The highest BCUT2D eigenvalue weighted by Crippen LogP contribution is 2.28. The number of ether oxygens (including phenoxy) is 1. The highest BCUT2D eigenvalue weighted by Gasteiger charge is 2.23. The zero-order chi connectivity index (χ0) is 21.1. The molecule has 162 valence electrons. The summed E-state index contributed by atoms with van der Waals surface area (Å²) in [5, 5.41) is 12.4. The Balaban J connectivity index is 0.00000272. The molecular formula is C23H22Cl2N2O3S. The Morgan fingerprint density at radius 1 is 1.23 bits per heavy atom. The van der Waals surface area contributed by atoms with Crippen molar-refractivity contribution in [3.05, 3.63) is 87.0 Å². The number of carbonyl (C=O) groups excluding carboxylic acids is 1. The van der Waals surface area contributed by atoms with Crippen LogP contribution in [0.15, 0.2) is 60.1 Å². The minimum absolute atomic E-state index is 0. The molecule has 5 nitrogen and oxygen atoms in total. The molecule has 1 N–H and O–H groups in total. The first-order valence-corrected chi connectivity index (χ1v) is 10.9. The predicted molar refractivity (Wildman–Crippen MR) is 126 cm³/mol. The minimum atomic E-state index is -0.260. The van der Waals surface area contributed by atoms with E-state index in [-0.39, 0.29) is 37.1 Å². The number of nitrogens with zero attached hydrogens (tertiary/aromatic N) is 2. The van der Waals surface area contributed by atoms with Crippen LogP contribution in [-0.4, -0.2) is 26.9 Å². The minimum Gasteiger partial charge on any atom is -0.484 e. The first-order chi connectivity index (χ1) is 14.6. The van der Waals surface area contributed by atoms with Gasteiger partial charge in [-0.15, -0.1) is 23.7 Å². The van der Waals surface area contributed by atoms with Crippen LogP contribution in [0.3, 0.4) is 0 Å². The van der Waals surface area contributed by atoms with E-state index < -0.39 is 0 Å². The molecule has 0 unspecified atom stereocenters. The van der Waals surface area contributed by atoms with Crippen molar-refractivity contribution in [2.75, 3.05) is 6.61 Å². The summed E-state index contributed by atoms with van der Waals surface area (Å²) in [6.45, 7) is 2.06. The lowest BCUT2D eigenvalue weighted by Crippen LogP contribution is -2.13. The van der Waals surface area contributed by atoms with Gasteiger partial charge in [-0.2, -0.15) is 0 Å². The predicted octanol–water partition coefficient (Wildman–Crippen LogP) is 5.71. The van der Waals surface area contributed by atoms with Gasteiger partial charge in [0.15, 0.2) is 17.2 Å². The molecule has 0 aliphatic carbocycles. The molecule has 0 bridgehead atoms. The second-order valence-electron chi connectivity index (χ2n) is 7.01. The second-order valence-corrected chi connectivity index (χ2v) is 8.42. The smallest absolute Gasteiger partial charge is 0.182 e. The van der Waals surface area contributed by atoms with Gasteiger partial charge in [-0.3, -0.25) is 9.20 Å². The third-order valence-corrected chi connectivity index (χ3v) is 6.39. The molecule has 31 heavy (non-hydrogen) atoms. The fourth-order valence-electron chi connectivity index (χ4n) is 3.51. The maximum absolute atomic E-state index is 13.2. The summed E-state index contributed by atoms with van der Waals surface area (Å²) in [4.78, 5) is 18.7. The van der Waals surface area contributed by atoms with E-state index in [1.807, 2.05) is 67.0 Å². The van der Waals surface area contributed by atoms with Crippen LogP contribution in [0.25, 0.3) is 5.65 Å². The van der Waals surface area contributed by atoms with Crippen LogP contribution in [0.2, 0.25) is 5.02 Å². The van der Waals surface area contributed by atoms with Gasteiger partial charge in [-0.05, 0) is 36.1 Å². The Labute approximate surface area is 195 Å². The number of Topliss-reactive ketones (excluding diaryl/α,β-unsaturated/α-hetero) is 1. The van der Waals surface area contributed by atoms with Gasteiger partial charge in [0.2, 0.25) is 0 Å². The van der Waals surface area contributed by atoms with Crippen LogP contribution in [0, 0.1) is 6.92 Å². The Kier molecular flexibility index (Phi) is 7.73. The third kappa shape index (κ3) is 4.93. The molecule has 0 amide bonds. The molecule has 0 saturated carbocycles. The van der Waals surface area contributed by atoms with Crippen LogP contribution in [0.1, 0.15) is 39.0 Å². The molecule has 8 heteroatoms. The number of halogens is 2. The van der Waals surface area contributed by atoms with Crippen molar-refractivity contribution in [2.24, 2.45) is 0 Å². The number of thiophene rings is 1. The zero-order valence-electron chi connectivity index (χ0n) is 16.8. The van der Waals surface area contributed by atoms with E-state index in [1.54, 1.807) is 4.40 Å². The monoisotopic (exact) mass is 476 g/mol. The van der Waals surface area contributed by atoms with E-state index in [1.165, 1.54) is 11.3 Å². The molecule has 0 aliphatic rings. The first-order valence-electron chi connectivity index (χ1n) is 9.59. The van der Waals surface area contributed by atoms with Crippen molar-refractivity contribution in [3.63, 3.8) is 0 Å². The van der Waals surface area contributed by atoms with Crippen LogP contribution < -0.4 is 4.74 Å². The van der Waals surface area contributed by atoms with Crippen LogP contribution in [0.4, 0.5) is 0 Å². The lowest BCUT2D eigenvalue weighted by molar-refractivity contribution is 0.0953. The topological polar surface area (TPSA) is 63.8 Å². The maximum atomic E-state index is 13.2. The summed E-state index contributed by atoms with van der Waals surface area (Å²) in [5.74, 6) is 0.260. The largest absolute Gasteiger partial charge is 0.484 e. The van der Waals surface area contributed by atoms with Gasteiger partial charge in [0.25, 0.3) is 0 Å². The van der Waals surface area contributed by atoms with E-state index in [9.17, 15) is 9.90 Å². The molecule has 4 rings (SSSR count). The van der Waals surface area contributed by atoms with E-state index in [2.05, 4.69) is 4.98 Å². The van der Waals surface area contributed by atoms with Gasteiger partial charge in [0.1, 0.15) is 12.3 Å². The second kappa shape index (κ2) is 10.3. The summed E-state index contributed by atoms with van der Waals surface area (Å²) in [6.07, 6.45) is 2.01. The molecule has 0 aliphatic heterocycles. The Hall–Kier alpha value is -2.38. The van der Waals surface area contributed by atoms with E-state index in [0.29, 0.717) is 34.4 Å². The average molecular weight is 477 g/mol. The molecule has 0 spiro atoms. The number of fused-ring (bicyclic) bond motifs is 1. The number of aromatic nitrogens is 2. The molecule has 0 saturated heterocycles. The number of aliphatic hydroxyl groups is 1. The summed E-state index contributed by atoms with van der Waals surface area (Å²) in [7, 11) is 0. The lowest BCUT2D eigenvalue weighted by Gasteiger charge is -2.14. The molecule has 1 aromatic carbocycles. The lowest BCUT2D eigenvalue weighted by atomic mass is 9.93. The van der Waals surface area contributed by atoms with Crippen molar-refractivity contribution in [1.82, 2.24) is 9.38 Å². The van der Waals surface area contributed by atoms with Crippen molar-refractivity contribution in [3.8, 4) is 5.75 Å². The Morgan fingerprint density at radius 3 is 2.68 bits per heavy atom.